The van der Waals surface area contributed by atoms with Crippen LogP contribution in [-0.2, 0) is 10.0 Å². The zero-order chi connectivity index (χ0) is 20.5. The zero-order valence-electron chi connectivity index (χ0n) is 15.7. The Morgan fingerprint density at radius 1 is 1.14 bits per heavy atom. The molecule has 2 unspecified atom stereocenters. The van der Waals surface area contributed by atoms with Crippen molar-refractivity contribution in [3.8, 4) is 0 Å². The number of nitrogens with zero attached hydrogens (tertiary/aromatic N) is 1. The first-order valence-corrected chi connectivity index (χ1v) is 10.9. The molecular weight excluding hydrogens is 403 g/mol. The fourth-order valence-corrected chi connectivity index (χ4v) is 5.43. The van der Waals surface area contributed by atoms with Crippen LogP contribution in [0.5, 0.6) is 0 Å². The van der Waals surface area contributed by atoms with Crippen LogP contribution in [0.1, 0.15) is 30.6 Å². The second-order valence-electron chi connectivity index (χ2n) is 7.34. The Bertz CT molecular complexity index is 987. The molecule has 0 radical (unpaired) electrons. The quantitative estimate of drug-likeness (QED) is 0.791. The number of hydrogen-bond donors (Lipinski definition) is 1. The Balaban J connectivity index is 1.90. The number of sulfonamides is 1. The van der Waals surface area contributed by atoms with Crippen molar-refractivity contribution in [3.63, 3.8) is 0 Å². The SMILES string of the molecule is CC1CC(C)CN(S(=O)(=O)c2ccc(F)c(C(=O)Nc3ccccc3Cl)c2)C1. The molecule has 8 heteroatoms. The molecule has 1 heterocycles. The molecular formula is C20H22ClFN2O3S. The topological polar surface area (TPSA) is 66.5 Å². The van der Waals surface area contributed by atoms with Gasteiger partial charge >= 0.3 is 0 Å². The summed E-state index contributed by atoms with van der Waals surface area (Å²) in [6.07, 6.45) is 0.959. The van der Waals surface area contributed by atoms with Crippen molar-refractivity contribution in [1.82, 2.24) is 4.31 Å². The average molecular weight is 425 g/mol. The lowest BCUT2D eigenvalue weighted by Gasteiger charge is -2.34. The van der Waals surface area contributed by atoms with E-state index < -0.39 is 21.7 Å². The molecule has 1 fully saturated rings. The number of amides is 1. The maximum absolute atomic E-state index is 14.3. The largest absolute Gasteiger partial charge is 0.321 e. The highest BCUT2D eigenvalue weighted by Crippen LogP contribution is 2.28. The summed E-state index contributed by atoms with van der Waals surface area (Å²) in [5, 5.41) is 2.82. The van der Waals surface area contributed by atoms with Crippen LogP contribution in [0.25, 0.3) is 0 Å². The van der Waals surface area contributed by atoms with E-state index >= 15 is 0 Å². The van der Waals surface area contributed by atoms with Gasteiger partial charge in [-0.25, -0.2) is 12.8 Å². The molecule has 2 atom stereocenters. The molecule has 0 aromatic heterocycles. The number of carbonyl (C=O) groups excluding carboxylic acids is 1. The van der Waals surface area contributed by atoms with Crippen molar-refractivity contribution in [2.75, 3.05) is 18.4 Å². The van der Waals surface area contributed by atoms with Crippen LogP contribution in [0.15, 0.2) is 47.4 Å². The van der Waals surface area contributed by atoms with Crippen LogP contribution >= 0.6 is 11.6 Å². The van der Waals surface area contributed by atoms with Gasteiger partial charge in [0, 0.05) is 13.1 Å². The summed E-state index contributed by atoms with van der Waals surface area (Å²) in [6.45, 7) is 4.83. The third-order valence-corrected chi connectivity index (χ3v) is 6.93. The van der Waals surface area contributed by atoms with Crippen LogP contribution in [0.4, 0.5) is 10.1 Å². The van der Waals surface area contributed by atoms with Gasteiger partial charge in [-0.15, -0.1) is 0 Å². The van der Waals surface area contributed by atoms with Crippen LogP contribution in [0.3, 0.4) is 0 Å². The molecule has 2 aromatic carbocycles. The molecule has 5 nitrogen and oxygen atoms in total. The van der Waals surface area contributed by atoms with E-state index in [1.165, 1.54) is 10.4 Å². The molecule has 3 rings (SSSR count). The van der Waals surface area contributed by atoms with E-state index in [4.69, 9.17) is 11.6 Å². The molecule has 150 valence electrons. The first kappa shape index (κ1) is 20.8. The van der Waals surface area contributed by atoms with Gasteiger partial charge in [-0.2, -0.15) is 4.31 Å². The lowest BCUT2D eigenvalue weighted by molar-refractivity contribution is 0.102. The van der Waals surface area contributed by atoms with Crippen molar-refractivity contribution in [2.45, 2.75) is 25.2 Å². The molecule has 0 bridgehead atoms. The van der Waals surface area contributed by atoms with Gasteiger partial charge in [0.2, 0.25) is 10.0 Å². The summed E-state index contributed by atoms with van der Waals surface area (Å²) in [5.74, 6) is -1.09. The third kappa shape index (κ3) is 4.37. The molecule has 1 amide bonds. The highest BCUT2D eigenvalue weighted by atomic mass is 35.5. The second kappa shape index (κ2) is 8.19. The monoisotopic (exact) mass is 424 g/mol. The molecule has 1 saturated heterocycles. The third-order valence-electron chi connectivity index (χ3n) is 4.78. The predicted octanol–water partition coefficient (Wildman–Crippen LogP) is 4.40. The lowest BCUT2D eigenvalue weighted by Crippen LogP contribution is -2.42. The molecule has 0 aliphatic carbocycles. The van der Waals surface area contributed by atoms with Gasteiger partial charge in [-0.1, -0.05) is 37.6 Å². The van der Waals surface area contributed by atoms with E-state index in [-0.39, 0.29) is 22.3 Å². The van der Waals surface area contributed by atoms with Gasteiger partial charge in [0.1, 0.15) is 5.82 Å². The van der Waals surface area contributed by atoms with Crippen molar-refractivity contribution in [3.05, 3.63) is 58.9 Å². The maximum Gasteiger partial charge on any atom is 0.258 e. The molecule has 2 aromatic rings. The second-order valence-corrected chi connectivity index (χ2v) is 9.69. The zero-order valence-corrected chi connectivity index (χ0v) is 17.2. The molecule has 1 aliphatic rings. The number of anilines is 1. The van der Waals surface area contributed by atoms with Gasteiger partial charge < -0.3 is 5.32 Å². The van der Waals surface area contributed by atoms with E-state index in [2.05, 4.69) is 5.32 Å². The van der Waals surface area contributed by atoms with E-state index in [0.29, 0.717) is 23.8 Å². The highest BCUT2D eigenvalue weighted by Gasteiger charge is 2.32. The van der Waals surface area contributed by atoms with E-state index in [1.807, 2.05) is 13.8 Å². The fraction of sp³-hybridized carbons (Fsp3) is 0.350. The number of nitrogens with one attached hydrogen (secondary N) is 1. The van der Waals surface area contributed by atoms with Gasteiger partial charge in [0.25, 0.3) is 5.91 Å². The minimum Gasteiger partial charge on any atom is -0.321 e. The number of rotatable bonds is 4. The van der Waals surface area contributed by atoms with Crippen molar-refractivity contribution in [1.29, 1.82) is 0 Å². The van der Waals surface area contributed by atoms with Crippen LogP contribution < -0.4 is 5.32 Å². The van der Waals surface area contributed by atoms with Crippen LogP contribution in [0.2, 0.25) is 5.02 Å². The smallest absolute Gasteiger partial charge is 0.258 e. The highest BCUT2D eigenvalue weighted by molar-refractivity contribution is 7.89. The Labute approximate surface area is 169 Å². The predicted molar refractivity (Wildman–Crippen MR) is 108 cm³/mol. The van der Waals surface area contributed by atoms with Crippen LogP contribution in [0, 0.1) is 17.7 Å². The Kier molecular flexibility index (Phi) is 6.07. The molecule has 0 saturated carbocycles. The van der Waals surface area contributed by atoms with Crippen molar-refractivity contribution < 1.29 is 17.6 Å². The molecule has 28 heavy (non-hydrogen) atoms. The summed E-state index contributed by atoms with van der Waals surface area (Å²) in [6, 6.07) is 9.83. The number of piperidine rings is 1. The number of benzene rings is 2. The fourth-order valence-electron chi connectivity index (χ4n) is 3.54. The summed E-state index contributed by atoms with van der Waals surface area (Å²) in [4.78, 5) is 12.4. The number of carbonyl (C=O) groups is 1. The Hall–Kier alpha value is -1.96. The number of halogens is 2. The van der Waals surface area contributed by atoms with Gasteiger partial charge in [-0.3, -0.25) is 4.79 Å². The van der Waals surface area contributed by atoms with E-state index in [1.54, 1.807) is 24.3 Å². The summed E-state index contributed by atoms with van der Waals surface area (Å²) in [7, 11) is -3.82. The Morgan fingerprint density at radius 2 is 1.79 bits per heavy atom. The summed E-state index contributed by atoms with van der Waals surface area (Å²) < 4.78 is 41.7. The van der Waals surface area contributed by atoms with Crippen molar-refractivity contribution in [2.24, 2.45) is 11.8 Å². The van der Waals surface area contributed by atoms with Crippen LogP contribution in [-0.4, -0.2) is 31.7 Å². The van der Waals surface area contributed by atoms with E-state index in [9.17, 15) is 17.6 Å². The summed E-state index contributed by atoms with van der Waals surface area (Å²) >= 11 is 6.02. The lowest BCUT2D eigenvalue weighted by atomic mass is 9.94. The number of hydrogen-bond acceptors (Lipinski definition) is 3. The average Bonchev–Trinajstić information content (AvgIpc) is 2.63. The first-order chi connectivity index (χ1) is 13.2. The summed E-state index contributed by atoms with van der Waals surface area (Å²) in [5.41, 5.74) is -0.0281. The minimum atomic E-state index is -3.82. The molecule has 1 N–H and O–H groups in total. The van der Waals surface area contributed by atoms with Gasteiger partial charge in [0.05, 0.1) is 21.2 Å². The molecule has 1 aliphatic heterocycles. The number of para-hydroxylation sites is 1. The van der Waals surface area contributed by atoms with E-state index in [0.717, 1.165) is 18.6 Å². The normalized spacial score (nSPS) is 20.7. The Morgan fingerprint density at radius 3 is 2.43 bits per heavy atom. The maximum atomic E-state index is 14.3. The van der Waals surface area contributed by atoms with Gasteiger partial charge in [-0.05, 0) is 48.6 Å². The van der Waals surface area contributed by atoms with Crippen molar-refractivity contribution >= 4 is 33.2 Å². The minimum absolute atomic E-state index is 0.0977. The molecule has 0 spiro atoms. The first-order valence-electron chi connectivity index (χ1n) is 9.04. The van der Waals surface area contributed by atoms with Gasteiger partial charge in [0.15, 0.2) is 0 Å². The standard InChI is InChI=1S/C20H22ClFN2O3S/c1-13-9-14(2)12-24(11-13)28(26,27)15-7-8-18(22)16(10-15)20(25)23-19-6-4-3-5-17(19)21/h3-8,10,13-14H,9,11-12H2,1-2H3,(H,23,25).